The first-order chi connectivity index (χ1) is 8.47. The average Bonchev–Trinajstić information content (AvgIpc) is 2.31. The van der Waals surface area contributed by atoms with Crippen LogP contribution in [0.5, 0.6) is 0 Å². The number of halogens is 3. The molecule has 0 bridgehead atoms. The fourth-order valence-corrected chi connectivity index (χ4v) is 2.12. The van der Waals surface area contributed by atoms with Gasteiger partial charge in [0.1, 0.15) is 0 Å². The number of nitrogens with one attached hydrogen (secondary N) is 1. The summed E-state index contributed by atoms with van der Waals surface area (Å²) in [6.45, 7) is 3.36. The Hall–Kier alpha value is -0.710. The monoisotopic (exact) mass is 276 g/mol. The molecule has 1 atom stereocenters. The van der Waals surface area contributed by atoms with Gasteiger partial charge >= 0.3 is 0 Å². The molecule has 18 heavy (non-hydrogen) atoms. The van der Waals surface area contributed by atoms with Gasteiger partial charge in [-0.1, -0.05) is 18.5 Å². The van der Waals surface area contributed by atoms with Gasteiger partial charge in [-0.05, 0) is 45.7 Å². The zero-order valence-electron chi connectivity index (χ0n) is 10.9. The first-order valence-electron chi connectivity index (χ1n) is 5.98. The molecular weight excluding hydrogens is 258 g/mol. The van der Waals surface area contributed by atoms with Crippen LogP contribution in [0.4, 0.5) is 8.78 Å². The Morgan fingerprint density at radius 2 is 2.00 bits per heavy atom. The fraction of sp³-hybridized carbons (Fsp3) is 0.538. The summed E-state index contributed by atoms with van der Waals surface area (Å²) in [7, 11) is 3.87. The fourth-order valence-electron chi connectivity index (χ4n) is 1.84. The van der Waals surface area contributed by atoms with Gasteiger partial charge in [0.05, 0.1) is 0 Å². The molecule has 0 aliphatic carbocycles. The number of hydrogen-bond acceptors (Lipinski definition) is 2. The molecule has 5 heteroatoms. The standard InChI is InChI=1S/C13H19ClF2N2/c1-4-17-11(7-8-18(2)3)12-9(14)5-6-10(15)13(12)16/h5-6,11,17H,4,7-8H2,1-3H3. The summed E-state index contributed by atoms with van der Waals surface area (Å²) in [5.74, 6) is -1.71. The molecule has 102 valence electrons. The van der Waals surface area contributed by atoms with E-state index in [0.29, 0.717) is 13.0 Å². The average molecular weight is 277 g/mol. The van der Waals surface area contributed by atoms with E-state index in [0.717, 1.165) is 12.6 Å². The van der Waals surface area contributed by atoms with Crippen LogP contribution in [0.25, 0.3) is 0 Å². The maximum Gasteiger partial charge on any atom is 0.165 e. The Morgan fingerprint density at radius 3 is 2.56 bits per heavy atom. The molecule has 0 aliphatic rings. The van der Waals surface area contributed by atoms with E-state index in [-0.39, 0.29) is 16.6 Å². The maximum absolute atomic E-state index is 13.8. The third kappa shape index (κ3) is 3.90. The molecule has 1 aromatic rings. The highest BCUT2D eigenvalue weighted by Gasteiger charge is 2.21. The van der Waals surface area contributed by atoms with Gasteiger partial charge in [-0.2, -0.15) is 0 Å². The Balaban J connectivity index is 3.01. The minimum absolute atomic E-state index is 0.223. The zero-order valence-corrected chi connectivity index (χ0v) is 11.7. The van der Waals surface area contributed by atoms with Crippen LogP contribution < -0.4 is 5.32 Å². The molecule has 0 aromatic heterocycles. The molecule has 0 radical (unpaired) electrons. The van der Waals surface area contributed by atoms with Gasteiger partial charge in [-0.25, -0.2) is 8.78 Å². The van der Waals surface area contributed by atoms with Crippen LogP contribution in [0.15, 0.2) is 12.1 Å². The lowest BCUT2D eigenvalue weighted by atomic mass is 10.0. The van der Waals surface area contributed by atoms with E-state index in [9.17, 15) is 8.78 Å². The maximum atomic E-state index is 13.8. The SMILES string of the molecule is CCNC(CCN(C)C)c1c(Cl)ccc(F)c1F. The van der Waals surface area contributed by atoms with E-state index in [4.69, 9.17) is 11.6 Å². The second kappa shape index (κ2) is 7.02. The van der Waals surface area contributed by atoms with Crippen molar-refractivity contribution in [1.29, 1.82) is 0 Å². The molecule has 1 aromatic carbocycles. The van der Waals surface area contributed by atoms with Crippen molar-refractivity contribution in [3.05, 3.63) is 34.4 Å². The van der Waals surface area contributed by atoms with Crippen molar-refractivity contribution >= 4 is 11.6 Å². The van der Waals surface area contributed by atoms with E-state index in [1.807, 2.05) is 25.9 Å². The molecule has 2 nitrogen and oxygen atoms in total. The second-order valence-electron chi connectivity index (χ2n) is 4.46. The summed E-state index contributed by atoms with van der Waals surface area (Å²) < 4.78 is 27.1. The summed E-state index contributed by atoms with van der Waals surface area (Å²) in [5.41, 5.74) is 0.223. The van der Waals surface area contributed by atoms with Crippen LogP contribution in [-0.4, -0.2) is 32.1 Å². The van der Waals surface area contributed by atoms with Crippen molar-refractivity contribution in [2.24, 2.45) is 0 Å². The van der Waals surface area contributed by atoms with E-state index >= 15 is 0 Å². The van der Waals surface area contributed by atoms with Crippen LogP contribution in [0.3, 0.4) is 0 Å². The Bertz CT molecular complexity index is 397. The third-order valence-electron chi connectivity index (χ3n) is 2.74. The van der Waals surface area contributed by atoms with Crippen LogP contribution in [0.1, 0.15) is 24.9 Å². The van der Waals surface area contributed by atoms with Crippen LogP contribution >= 0.6 is 11.6 Å². The quantitative estimate of drug-likeness (QED) is 0.803. The molecule has 0 spiro atoms. The van der Waals surface area contributed by atoms with Crippen LogP contribution in [0.2, 0.25) is 5.02 Å². The van der Waals surface area contributed by atoms with Crippen LogP contribution in [-0.2, 0) is 0 Å². The van der Waals surface area contributed by atoms with Crippen molar-refractivity contribution in [2.75, 3.05) is 27.2 Å². The lowest BCUT2D eigenvalue weighted by Gasteiger charge is -2.22. The number of benzene rings is 1. The lowest BCUT2D eigenvalue weighted by Crippen LogP contribution is -2.26. The number of hydrogen-bond donors (Lipinski definition) is 1. The summed E-state index contributed by atoms with van der Waals surface area (Å²) in [4.78, 5) is 2.00. The largest absolute Gasteiger partial charge is 0.310 e. The van der Waals surface area contributed by atoms with Gasteiger partial charge in [-0.15, -0.1) is 0 Å². The molecule has 0 saturated carbocycles. The van der Waals surface area contributed by atoms with E-state index in [2.05, 4.69) is 5.32 Å². The molecule has 1 rings (SSSR count). The highest BCUT2D eigenvalue weighted by atomic mass is 35.5. The van der Waals surface area contributed by atoms with Crippen molar-refractivity contribution < 1.29 is 8.78 Å². The van der Waals surface area contributed by atoms with E-state index in [1.54, 1.807) is 0 Å². The summed E-state index contributed by atoms with van der Waals surface area (Å²) >= 11 is 5.99. The van der Waals surface area contributed by atoms with Crippen molar-refractivity contribution in [1.82, 2.24) is 10.2 Å². The molecule has 1 N–H and O–H groups in total. The zero-order chi connectivity index (χ0) is 13.7. The number of nitrogens with zero attached hydrogens (tertiary/aromatic N) is 1. The van der Waals surface area contributed by atoms with Gasteiger partial charge in [0, 0.05) is 16.6 Å². The summed E-state index contributed by atoms with van der Waals surface area (Å²) in [6, 6.07) is 2.17. The van der Waals surface area contributed by atoms with Crippen molar-refractivity contribution in [2.45, 2.75) is 19.4 Å². The van der Waals surface area contributed by atoms with Crippen molar-refractivity contribution in [3.63, 3.8) is 0 Å². The molecule has 0 amide bonds. The predicted octanol–water partition coefficient (Wildman–Crippen LogP) is 3.22. The number of rotatable bonds is 6. The summed E-state index contributed by atoms with van der Waals surface area (Å²) in [6.07, 6.45) is 0.668. The van der Waals surface area contributed by atoms with Gasteiger partial charge in [0.15, 0.2) is 11.6 Å². The van der Waals surface area contributed by atoms with Gasteiger partial charge in [-0.3, -0.25) is 0 Å². The molecule has 0 fully saturated rings. The van der Waals surface area contributed by atoms with Crippen molar-refractivity contribution in [3.8, 4) is 0 Å². The highest BCUT2D eigenvalue weighted by molar-refractivity contribution is 6.31. The smallest absolute Gasteiger partial charge is 0.165 e. The third-order valence-corrected chi connectivity index (χ3v) is 3.07. The Kier molecular flexibility index (Phi) is 5.99. The van der Waals surface area contributed by atoms with Gasteiger partial charge in [0.25, 0.3) is 0 Å². The first kappa shape index (κ1) is 15.3. The minimum Gasteiger partial charge on any atom is -0.310 e. The second-order valence-corrected chi connectivity index (χ2v) is 4.87. The normalized spacial score (nSPS) is 13.1. The molecular formula is C13H19ClF2N2. The van der Waals surface area contributed by atoms with Gasteiger partial charge < -0.3 is 10.2 Å². The van der Waals surface area contributed by atoms with Gasteiger partial charge in [0.2, 0.25) is 0 Å². The first-order valence-corrected chi connectivity index (χ1v) is 6.36. The summed E-state index contributed by atoms with van der Waals surface area (Å²) in [5, 5.41) is 3.41. The topological polar surface area (TPSA) is 15.3 Å². The van der Waals surface area contributed by atoms with E-state index in [1.165, 1.54) is 6.07 Å². The lowest BCUT2D eigenvalue weighted by molar-refractivity contribution is 0.356. The molecule has 0 saturated heterocycles. The molecule has 0 heterocycles. The Labute approximate surface area is 112 Å². The minimum atomic E-state index is -0.859. The predicted molar refractivity (Wildman–Crippen MR) is 71.0 cm³/mol. The molecule has 0 aliphatic heterocycles. The van der Waals surface area contributed by atoms with E-state index < -0.39 is 11.6 Å². The Morgan fingerprint density at radius 1 is 1.33 bits per heavy atom. The van der Waals surface area contributed by atoms with Crippen LogP contribution in [0, 0.1) is 11.6 Å². The molecule has 1 unspecified atom stereocenters. The highest BCUT2D eigenvalue weighted by Crippen LogP contribution is 2.29.